The van der Waals surface area contributed by atoms with E-state index in [9.17, 15) is 10.2 Å². The number of aliphatic hydroxyl groups excluding tert-OH is 2. The van der Waals surface area contributed by atoms with Gasteiger partial charge in [-0.1, -0.05) is 206 Å². The molecule has 1 atom stereocenters. The molecule has 0 aromatic heterocycles. The van der Waals surface area contributed by atoms with E-state index in [4.69, 9.17) is 0 Å². The van der Waals surface area contributed by atoms with E-state index in [1.165, 1.54) is 205 Å². The topological polar surface area (TPSA) is 55.7 Å². The number of aliphatic hydroxyl groups is 2. The van der Waals surface area contributed by atoms with Gasteiger partial charge in [0.05, 0.1) is 12.8 Å². The van der Waals surface area contributed by atoms with Crippen LogP contribution in [0.5, 0.6) is 0 Å². The molecule has 0 aromatic carbocycles. The molecule has 0 amide bonds. The highest BCUT2D eigenvalue weighted by atomic mass is 16.3. The van der Waals surface area contributed by atoms with Crippen LogP contribution in [-0.2, 0) is 0 Å². The van der Waals surface area contributed by atoms with Crippen LogP contribution in [0.1, 0.15) is 239 Å². The van der Waals surface area contributed by atoms with Gasteiger partial charge in [-0.2, -0.15) is 0 Å². The largest absolute Gasteiger partial charge is 0.396 e. The molecule has 4 heteroatoms. The van der Waals surface area contributed by atoms with Crippen LogP contribution in [0.3, 0.4) is 0 Å². The molecular formula is C43H90N2O2. The number of nitrogens with one attached hydrogen (secondary N) is 1. The van der Waals surface area contributed by atoms with Crippen molar-refractivity contribution in [3.05, 3.63) is 0 Å². The van der Waals surface area contributed by atoms with E-state index in [1.807, 2.05) is 0 Å². The average molecular weight is 667 g/mol. The lowest BCUT2D eigenvalue weighted by Gasteiger charge is -2.32. The van der Waals surface area contributed by atoms with Crippen LogP contribution in [0.15, 0.2) is 0 Å². The molecule has 284 valence electrons. The van der Waals surface area contributed by atoms with Crippen LogP contribution in [0.4, 0.5) is 0 Å². The van der Waals surface area contributed by atoms with Crippen molar-refractivity contribution in [2.24, 2.45) is 0 Å². The molecule has 4 nitrogen and oxygen atoms in total. The highest BCUT2D eigenvalue weighted by Gasteiger charge is 2.17. The lowest BCUT2D eigenvalue weighted by Crippen LogP contribution is -2.47. The minimum atomic E-state index is 0.232. The molecule has 3 N–H and O–H groups in total. The Kier molecular flexibility index (Phi) is 41.9. The molecule has 0 radical (unpaired) electrons. The van der Waals surface area contributed by atoms with Crippen LogP contribution < -0.4 is 5.32 Å². The Morgan fingerprint density at radius 1 is 0.362 bits per heavy atom. The fraction of sp³-hybridized carbons (Fsp3) is 1.00. The quantitative estimate of drug-likeness (QED) is 0.0448. The monoisotopic (exact) mass is 667 g/mol. The van der Waals surface area contributed by atoms with Gasteiger partial charge >= 0.3 is 0 Å². The first-order valence-electron chi connectivity index (χ1n) is 22.0. The Balaban J connectivity index is 3.87. The summed E-state index contributed by atoms with van der Waals surface area (Å²) in [7, 11) is 0. The van der Waals surface area contributed by atoms with Gasteiger partial charge in [0.25, 0.3) is 0 Å². The molecule has 0 aromatic rings. The Bertz CT molecular complexity index is 546. The fourth-order valence-electron chi connectivity index (χ4n) is 7.22. The van der Waals surface area contributed by atoms with E-state index in [0.29, 0.717) is 6.17 Å². The lowest BCUT2D eigenvalue weighted by atomic mass is 10.0. The second kappa shape index (κ2) is 42.0. The van der Waals surface area contributed by atoms with Crippen molar-refractivity contribution in [3.63, 3.8) is 0 Å². The summed E-state index contributed by atoms with van der Waals surface area (Å²) in [5, 5.41) is 23.0. The van der Waals surface area contributed by atoms with Gasteiger partial charge in [-0.3, -0.25) is 4.90 Å². The first kappa shape index (κ1) is 46.8. The average Bonchev–Trinajstić information content (AvgIpc) is 3.08. The number of unbranched alkanes of at least 4 members (excludes halogenated alkanes) is 31. The van der Waals surface area contributed by atoms with E-state index in [1.54, 1.807) is 0 Å². The number of rotatable bonds is 42. The Labute approximate surface area is 297 Å². The Hall–Kier alpha value is -0.160. The SMILES string of the molecule is CCCCCCCCCCCCCCCCCCNC(CCCCO)N(CCO)CCCCCCCCCCCCCCCCCC. The van der Waals surface area contributed by atoms with Gasteiger partial charge in [0, 0.05) is 13.2 Å². The number of hydrogen-bond acceptors (Lipinski definition) is 4. The van der Waals surface area contributed by atoms with Crippen molar-refractivity contribution >= 4 is 0 Å². The minimum Gasteiger partial charge on any atom is -0.396 e. The molecule has 0 heterocycles. The third kappa shape index (κ3) is 36.9. The molecule has 0 aliphatic rings. The molecule has 1 unspecified atom stereocenters. The summed E-state index contributed by atoms with van der Waals surface area (Å²) in [4.78, 5) is 2.49. The zero-order chi connectivity index (χ0) is 34.1. The fourth-order valence-corrected chi connectivity index (χ4v) is 7.22. The van der Waals surface area contributed by atoms with E-state index in [-0.39, 0.29) is 13.2 Å². The maximum absolute atomic E-state index is 9.80. The smallest absolute Gasteiger partial charge is 0.0597 e. The van der Waals surface area contributed by atoms with E-state index >= 15 is 0 Å². The van der Waals surface area contributed by atoms with Gasteiger partial charge in [0.1, 0.15) is 0 Å². The van der Waals surface area contributed by atoms with Crippen LogP contribution in [0, 0.1) is 0 Å². The van der Waals surface area contributed by atoms with E-state index in [2.05, 4.69) is 24.1 Å². The molecule has 0 saturated carbocycles. The first-order valence-corrected chi connectivity index (χ1v) is 22.0. The summed E-state index contributed by atoms with van der Waals surface area (Å²) >= 11 is 0. The van der Waals surface area contributed by atoms with E-state index in [0.717, 1.165) is 38.9 Å². The highest BCUT2D eigenvalue weighted by molar-refractivity contribution is 4.71. The van der Waals surface area contributed by atoms with Crippen LogP contribution >= 0.6 is 0 Å². The third-order valence-electron chi connectivity index (χ3n) is 10.4. The second-order valence-electron chi connectivity index (χ2n) is 15.1. The molecule has 0 saturated heterocycles. The van der Waals surface area contributed by atoms with Gasteiger partial charge in [-0.15, -0.1) is 0 Å². The molecule has 0 fully saturated rings. The van der Waals surface area contributed by atoms with Crippen molar-refractivity contribution in [2.45, 2.75) is 245 Å². The predicted molar refractivity (Wildman–Crippen MR) is 210 cm³/mol. The van der Waals surface area contributed by atoms with Crippen molar-refractivity contribution in [1.29, 1.82) is 0 Å². The maximum Gasteiger partial charge on any atom is 0.0597 e. The normalized spacial score (nSPS) is 12.4. The molecule has 0 spiro atoms. The van der Waals surface area contributed by atoms with Crippen molar-refractivity contribution in [1.82, 2.24) is 10.2 Å². The zero-order valence-corrected chi connectivity index (χ0v) is 32.7. The predicted octanol–water partition coefficient (Wildman–Crippen LogP) is 12.9. The summed E-state index contributed by atoms with van der Waals surface area (Å²) in [6.45, 7) is 8.02. The molecule has 47 heavy (non-hydrogen) atoms. The molecule has 0 aliphatic heterocycles. The number of hydrogen-bond donors (Lipinski definition) is 3. The Morgan fingerprint density at radius 2 is 0.702 bits per heavy atom. The Morgan fingerprint density at radius 3 is 1.04 bits per heavy atom. The van der Waals surface area contributed by atoms with Gasteiger partial charge in [-0.05, 0) is 45.2 Å². The summed E-state index contributed by atoms with van der Waals surface area (Å²) in [5.41, 5.74) is 0. The lowest BCUT2D eigenvalue weighted by molar-refractivity contribution is 0.116. The molecule has 0 bridgehead atoms. The summed E-state index contributed by atoms with van der Waals surface area (Å²) < 4.78 is 0. The van der Waals surface area contributed by atoms with Crippen molar-refractivity contribution in [3.8, 4) is 0 Å². The van der Waals surface area contributed by atoms with E-state index < -0.39 is 0 Å². The second-order valence-corrected chi connectivity index (χ2v) is 15.1. The molecule has 0 rings (SSSR count). The zero-order valence-electron chi connectivity index (χ0n) is 32.7. The van der Waals surface area contributed by atoms with Crippen LogP contribution in [0.2, 0.25) is 0 Å². The molecule has 0 aliphatic carbocycles. The van der Waals surface area contributed by atoms with Gasteiger partial charge in [-0.25, -0.2) is 0 Å². The van der Waals surface area contributed by atoms with Gasteiger partial charge < -0.3 is 15.5 Å². The third-order valence-corrected chi connectivity index (χ3v) is 10.4. The minimum absolute atomic E-state index is 0.232. The standard InChI is InChI=1S/C43H90N2O2/c1-3-5-7-9-11-13-15-17-19-21-23-25-27-29-31-34-38-44-43(37-33-36-41-46)45(40-42-47)39-35-32-30-28-26-24-22-20-18-16-14-12-10-8-6-4-2/h43-44,46-47H,3-42H2,1-2H3. The van der Waals surface area contributed by atoms with Gasteiger partial charge in [0.2, 0.25) is 0 Å². The number of nitrogens with zero attached hydrogens (tertiary/aromatic N) is 1. The van der Waals surface area contributed by atoms with Crippen molar-refractivity contribution < 1.29 is 10.2 Å². The van der Waals surface area contributed by atoms with Crippen LogP contribution in [-0.4, -0.2) is 54.1 Å². The molecular weight excluding hydrogens is 576 g/mol. The maximum atomic E-state index is 9.80. The summed E-state index contributed by atoms with van der Waals surface area (Å²) in [6.07, 6.45) is 48.3. The summed E-state index contributed by atoms with van der Waals surface area (Å²) in [5.74, 6) is 0. The van der Waals surface area contributed by atoms with Gasteiger partial charge in [0.15, 0.2) is 0 Å². The van der Waals surface area contributed by atoms with Crippen molar-refractivity contribution in [2.75, 3.05) is 32.8 Å². The highest BCUT2D eigenvalue weighted by Crippen LogP contribution is 2.16. The van der Waals surface area contributed by atoms with Crippen LogP contribution in [0.25, 0.3) is 0 Å². The first-order chi connectivity index (χ1) is 23.3. The summed E-state index contributed by atoms with van der Waals surface area (Å²) in [6, 6.07) is 0.